The van der Waals surface area contributed by atoms with Crippen LogP contribution in [-0.2, 0) is 6.42 Å². The lowest BCUT2D eigenvalue weighted by molar-refractivity contribution is 0.933. The van der Waals surface area contributed by atoms with E-state index in [9.17, 15) is 0 Å². The molecule has 0 saturated heterocycles. The molecule has 0 atom stereocenters. The van der Waals surface area contributed by atoms with Gasteiger partial charge in [0, 0.05) is 28.4 Å². The van der Waals surface area contributed by atoms with E-state index in [1.54, 1.807) is 0 Å². The predicted molar refractivity (Wildman–Crippen MR) is 98.0 cm³/mol. The minimum absolute atomic E-state index is 0.534. The lowest BCUT2D eigenvalue weighted by Crippen LogP contribution is -2.36. The van der Waals surface area contributed by atoms with Crippen LogP contribution in [0.3, 0.4) is 0 Å². The van der Waals surface area contributed by atoms with E-state index >= 15 is 0 Å². The smallest absolute Gasteiger partial charge is 0.0853 e. The zero-order valence-electron chi connectivity index (χ0n) is 13.8. The highest BCUT2D eigenvalue weighted by atomic mass is 14.9. The van der Waals surface area contributed by atoms with E-state index < -0.39 is 0 Å². The number of aryl methyl sites for hydroxylation is 1. The predicted octanol–water partition coefficient (Wildman–Crippen LogP) is 2.48. The van der Waals surface area contributed by atoms with E-state index in [1.807, 2.05) is 31.2 Å². The van der Waals surface area contributed by atoms with Crippen molar-refractivity contribution in [1.29, 1.82) is 5.41 Å². The second-order valence-corrected chi connectivity index (χ2v) is 5.91. The molecule has 118 valence electrons. The quantitative estimate of drug-likeness (QED) is 0.747. The summed E-state index contributed by atoms with van der Waals surface area (Å²) in [6, 6.07) is 8.06. The van der Waals surface area contributed by atoms with Crippen molar-refractivity contribution in [3.8, 4) is 0 Å². The third kappa shape index (κ3) is 2.74. The summed E-state index contributed by atoms with van der Waals surface area (Å²) in [7, 11) is 0. The van der Waals surface area contributed by atoms with Crippen LogP contribution in [0.5, 0.6) is 0 Å². The van der Waals surface area contributed by atoms with E-state index in [4.69, 9.17) is 5.41 Å². The summed E-state index contributed by atoms with van der Waals surface area (Å²) in [5.41, 5.74) is 5.88. The fraction of sp³-hybridized carbons (Fsp3) is 0.250. The van der Waals surface area contributed by atoms with Crippen LogP contribution in [0.25, 0.3) is 18.4 Å². The van der Waals surface area contributed by atoms with Crippen LogP contribution in [-0.4, -0.2) is 17.2 Å². The molecule has 1 aromatic carbocycles. The summed E-state index contributed by atoms with van der Waals surface area (Å²) in [5, 5.41) is 14.1. The maximum absolute atomic E-state index is 8.76. The van der Waals surface area contributed by atoms with Crippen LogP contribution in [0.2, 0.25) is 0 Å². The van der Waals surface area contributed by atoms with Gasteiger partial charge in [0.25, 0.3) is 0 Å². The number of H-pyrrole nitrogens is 1. The Hall–Kier alpha value is -2.55. The van der Waals surface area contributed by atoms with Crippen LogP contribution >= 0.6 is 0 Å². The molecular weight excluding hydrogens is 282 g/mol. The average Bonchev–Trinajstić information content (AvgIpc) is 2.88. The maximum Gasteiger partial charge on any atom is 0.0853 e. The number of hydrogen-bond donors (Lipinski definition) is 3. The first-order valence-corrected chi connectivity index (χ1v) is 8.13. The minimum Gasteiger partial charge on any atom is -0.383 e. The molecule has 3 nitrogen and oxygen atoms in total. The monoisotopic (exact) mass is 305 g/mol. The number of aromatic nitrogens is 1. The summed E-state index contributed by atoms with van der Waals surface area (Å²) >= 11 is 0. The number of benzene rings is 1. The normalized spacial score (nSPS) is 14.3. The molecule has 0 unspecified atom stereocenters. The van der Waals surface area contributed by atoms with Gasteiger partial charge in [0.1, 0.15) is 0 Å². The molecule has 1 aliphatic carbocycles. The van der Waals surface area contributed by atoms with Crippen molar-refractivity contribution < 1.29 is 0 Å². The Balaban J connectivity index is 2.26. The third-order valence-electron chi connectivity index (χ3n) is 4.33. The zero-order chi connectivity index (χ0) is 16.4. The molecule has 0 radical (unpaired) electrons. The van der Waals surface area contributed by atoms with Gasteiger partial charge in [0.2, 0.25) is 0 Å². The van der Waals surface area contributed by atoms with E-state index in [0.29, 0.717) is 5.71 Å². The maximum atomic E-state index is 8.76. The van der Waals surface area contributed by atoms with Crippen molar-refractivity contribution in [1.82, 2.24) is 10.3 Å². The number of rotatable bonds is 4. The first-order chi connectivity index (χ1) is 11.1. The molecule has 1 aromatic heterocycles. The molecule has 23 heavy (non-hydrogen) atoms. The molecule has 0 spiro atoms. The molecule has 0 aliphatic heterocycles. The number of likely N-dealkylation sites (N-methyl/N-ethyl adjacent to an activating group) is 1. The van der Waals surface area contributed by atoms with Gasteiger partial charge >= 0.3 is 0 Å². The lowest BCUT2D eigenvalue weighted by atomic mass is 9.97. The highest BCUT2D eigenvalue weighted by Gasteiger charge is 2.16. The average molecular weight is 305 g/mol. The van der Waals surface area contributed by atoms with Gasteiger partial charge in [-0.1, -0.05) is 36.9 Å². The topological polar surface area (TPSA) is 51.7 Å². The number of hydrogen-bond acceptors (Lipinski definition) is 2. The van der Waals surface area contributed by atoms with Gasteiger partial charge in [-0.05, 0) is 43.9 Å². The molecule has 1 aliphatic rings. The molecule has 1 heterocycles. The van der Waals surface area contributed by atoms with Gasteiger partial charge in [0.15, 0.2) is 0 Å². The molecule has 0 saturated carbocycles. The van der Waals surface area contributed by atoms with Crippen molar-refractivity contribution in [2.75, 3.05) is 6.54 Å². The Morgan fingerprint density at radius 2 is 2.13 bits per heavy atom. The first kappa shape index (κ1) is 15.3. The van der Waals surface area contributed by atoms with Crippen LogP contribution in [0.1, 0.15) is 35.7 Å². The molecule has 3 N–H and O–H groups in total. The summed E-state index contributed by atoms with van der Waals surface area (Å²) in [4.78, 5) is 3.37. The molecule has 0 bridgehead atoms. The Morgan fingerprint density at radius 1 is 1.35 bits per heavy atom. The van der Waals surface area contributed by atoms with Crippen LogP contribution < -0.4 is 15.9 Å². The number of aromatic amines is 1. The standard InChI is InChI=1S/C20H23N3/c1-4-22-20(19(21)15-10-6-5-9-13(15)2)18-14(3)23-17-12-8-7-11-16(17)18/h5-6,8-10,12,21-23H,3-4,7,11H2,1-2H3/b20-18+,21-19?. The Kier molecular flexibility index (Phi) is 4.20. The fourth-order valence-corrected chi connectivity index (χ4v) is 3.22. The summed E-state index contributed by atoms with van der Waals surface area (Å²) < 4.78 is 0. The van der Waals surface area contributed by atoms with Crippen LogP contribution in [0.15, 0.2) is 30.3 Å². The SMILES string of the molecule is C=c1[nH]c2c(/c1=C(/NCC)C(=N)c1ccccc1C)CCC=C2. The van der Waals surface area contributed by atoms with Crippen molar-refractivity contribution in [2.24, 2.45) is 0 Å². The van der Waals surface area contributed by atoms with Gasteiger partial charge in [-0.3, -0.25) is 5.41 Å². The Bertz CT molecular complexity index is 884. The Labute approximate surface area is 137 Å². The molecular formula is C20H23N3. The molecule has 3 heteroatoms. The van der Waals surface area contributed by atoms with Crippen LogP contribution in [0, 0.1) is 12.3 Å². The van der Waals surface area contributed by atoms with Gasteiger partial charge in [0.05, 0.1) is 11.4 Å². The third-order valence-corrected chi connectivity index (χ3v) is 4.33. The Morgan fingerprint density at radius 3 is 2.87 bits per heavy atom. The second kappa shape index (κ2) is 6.29. The molecule has 2 aromatic rings. The van der Waals surface area contributed by atoms with Gasteiger partial charge in [-0.25, -0.2) is 0 Å². The van der Waals surface area contributed by atoms with E-state index in [-0.39, 0.29) is 0 Å². The number of allylic oxidation sites excluding steroid dienone is 1. The first-order valence-electron chi connectivity index (χ1n) is 8.13. The molecule has 0 fully saturated rings. The van der Waals surface area contributed by atoms with Gasteiger partial charge in [-0.15, -0.1) is 0 Å². The van der Waals surface area contributed by atoms with Crippen molar-refractivity contribution in [2.45, 2.75) is 26.7 Å². The largest absolute Gasteiger partial charge is 0.383 e. The number of fused-ring (bicyclic) bond motifs is 1. The fourth-order valence-electron chi connectivity index (χ4n) is 3.22. The minimum atomic E-state index is 0.534. The second-order valence-electron chi connectivity index (χ2n) is 5.91. The van der Waals surface area contributed by atoms with Gasteiger partial charge < -0.3 is 10.3 Å². The summed E-state index contributed by atoms with van der Waals surface area (Å²) in [6.45, 7) is 9.07. The van der Waals surface area contributed by atoms with Crippen molar-refractivity contribution in [3.05, 3.63) is 63.3 Å². The summed E-state index contributed by atoms with van der Waals surface area (Å²) in [5.74, 6) is 0. The lowest BCUT2D eigenvalue weighted by Gasteiger charge is -2.14. The highest BCUT2D eigenvalue weighted by Crippen LogP contribution is 2.15. The van der Waals surface area contributed by atoms with E-state index in [1.165, 1.54) is 5.56 Å². The van der Waals surface area contributed by atoms with E-state index in [2.05, 4.69) is 36.0 Å². The van der Waals surface area contributed by atoms with Crippen molar-refractivity contribution >= 4 is 24.1 Å². The summed E-state index contributed by atoms with van der Waals surface area (Å²) in [6.07, 6.45) is 6.33. The van der Waals surface area contributed by atoms with Gasteiger partial charge in [-0.2, -0.15) is 0 Å². The highest BCUT2D eigenvalue weighted by molar-refractivity contribution is 6.25. The zero-order valence-corrected chi connectivity index (χ0v) is 13.8. The van der Waals surface area contributed by atoms with E-state index in [0.717, 1.165) is 52.5 Å². The molecule has 3 rings (SSSR count). The number of nitrogens with one attached hydrogen (secondary N) is 3. The molecule has 0 amide bonds. The van der Waals surface area contributed by atoms with Crippen LogP contribution in [0.4, 0.5) is 0 Å². The van der Waals surface area contributed by atoms with Crippen molar-refractivity contribution in [3.63, 3.8) is 0 Å².